The van der Waals surface area contributed by atoms with Gasteiger partial charge in [0.1, 0.15) is 0 Å². The van der Waals surface area contributed by atoms with Gasteiger partial charge in [0, 0.05) is 0 Å². The summed E-state index contributed by atoms with van der Waals surface area (Å²) >= 11 is 1.76. The quantitative estimate of drug-likeness (QED) is 0.696. The van der Waals surface area contributed by atoms with E-state index in [0.717, 1.165) is 17.7 Å². The Hall–Kier alpha value is -1.08. The van der Waals surface area contributed by atoms with Crippen LogP contribution >= 0.6 is 11.8 Å². The smallest absolute Gasteiger partial charge is 0.240 e. The van der Waals surface area contributed by atoms with Crippen LogP contribution in [0.3, 0.4) is 0 Å². The number of piperazine rings is 1. The van der Waals surface area contributed by atoms with E-state index >= 15 is 0 Å². The molecule has 1 fully saturated rings. The van der Waals surface area contributed by atoms with Crippen molar-refractivity contribution >= 4 is 17.7 Å². The molecule has 2 N–H and O–H groups in total. The molecule has 1 aliphatic rings. The molecule has 2 rings (SSSR count). The fraction of sp³-hybridized carbons (Fsp3) is 0.588. The Kier molecular flexibility index (Phi) is 7.36. The zero-order valence-corrected chi connectivity index (χ0v) is 14.8. The molecule has 1 aliphatic heterocycles. The van der Waals surface area contributed by atoms with Crippen LogP contribution in [0.15, 0.2) is 30.3 Å². The van der Waals surface area contributed by atoms with E-state index in [9.17, 15) is 10.0 Å². The van der Waals surface area contributed by atoms with Crippen molar-refractivity contribution in [3.05, 3.63) is 41.1 Å². The highest BCUT2D eigenvalue weighted by Gasteiger charge is 2.33. The molecule has 1 heterocycles. The molecule has 1 saturated heterocycles. The monoisotopic (exact) mass is 337 g/mol. The standard InChI is InChI=1S/C17H27N3O2S/c1-18-16(12-14-6-4-3-5-7-14)17(21)20-10-9-19(22)13-15(20)8-11-23-2/h3-7,15-16,18-19H,8-13H2,1-2H3/t15?,16-/m0/s1. The van der Waals surface area contributed by atoms with Crippen molar-refractivity contribution in [2.75, 3.05) is 38.7 Å². The molecule has 128 valence electrons. The average Bonchev–Trinajstić information content (AvgIpc) is 2.58. The number of thioether (sulfide) groups is 1. The predicted molar refractivity (Wildman–Crippen MR) is 95.6 cm³/mol. The molecule has 0 spiro atoms. The fourth-order valence-electron chi connectivity index (χ4n) is 3.07. The minimum Gasteiger partial charge on any atom is -0.634 e. The van der Waals surface area contributed by atoms with E-state index in [4.69, 9.17) is 0 Å². The van der Waals surface area contributed by atoms with Crippen molar-refractivity contribution in [1.29, 1.82) is 0 Å². The number of hydrogen-bond donors (Lipinski definition) is 2. The summed E-state index contributed by atoms with van der Waals surface area (Å²) in [4.78, 5) is 14.9. The number of nitrogens with zero attached hydrogens (tertiary/aromatic N) is 1. The molecule has 0 bridgehead atoms. The first-order valence-corrected chi connectivity index (χ1v) is 9.57. The molecule has 0 saturated carbocycles. The lowest BCUT2D eigenvalue weighted by Crippen LogP contribution is -3.11. The van der Waals surface area contributed by atoms with E-state index < -0.39 is 0 Å². The highest BCUT2D eigenvalue weighted by Crippen LogP contribution is 2.13. The molecule has 5 nitrogen and oxygen atoms in total. The molecule has 1 aromatic carbocycles. The summed E-state index contributed by atoms with van der Waals surface area (Å²) in [5, 5.41) is 15.2. The zero-order chi connectivity index (χ0) is 16.7. The lowest BCUT2D eigenvalue weighted by atomic mass is 10.0. The maximum atomic E-state index is 13.0. The van der Waals surface area contributed by atoms with Crippen LogP contribution in [0.4, 0.5) is 0 Å². The summed E-state index contributed by atoms with van der Waals surface area (Å²) in [6.45, 7) is 1.56. The molecule has 0 radical (unpaired) electrons. The van der Waals surface area contributed by atoms with E-state index in [1.807, 2.05) is 42.3 Å². The Morgan fingerprint density at radius 1 is 1.48 bits per heavy atom. The summed E-state index contributed by atoms with van der Waals surface area (Å²) in [5.74, 6) is 1.10. The van der Waals surface area contributed by atoms with Crippen LogP contribution in [0.2, 0.25) is 0 Å². The van der Waals surface area contributed by atoms with Gasteiger partial charge in [0.25, 0.3) is 0 Å². The molecule has 0 aromatic heterocycles. The topological polar surface area (TPSA) is 59.8 Å². The largest absolute Gasteiger partial charge is 0.634 e. The van der Waals surface area contributed by atoms with Crippen molar-refractivity contribution < 1.29 is 9.86 Å². The van der Waals surface area contributed by atoms with Gasteiger partial charge in [0.2, 0.25) is 5.91 Å². The predicted octanol–water partition coefficient (Wildman–Crippen LogP) is 0.164. The van der Waals surface area contributed by atoms with E-state index in [1.165, 1.54) is 0 Å². The number of hydroxylamine groups is 2. The minimum atomic E-state index is -0.234. The van der Waals surface area contributed by atoms with Crippen LogP contribution < -0.4 is 10.4 Å². The Morgan fingerprint density at radius 2 is 2.22 bits per heavy atom. The first kappa shape index (κ1) is 18.3. The summed E-state index contributed by atoms with van der Waals surface area (Å²) in [7, 11) is 1.83. The maximum absolute atomic E-state index is 13.0. The highest BCUT2D eigenvalue weighted by molar-refractivity contribution is 7.98. The number of likely N-dealkylation sites (N-methyl/N-ethyl adjacent to an activating group) is 1. The van der Waals surface area contributed by atoms with Crippen molar-refractivity contribution in [1.82, 2.24) is 10.2 Å². The van der Waals surface area contributed by atoms with E-state index in [-0.39, 0.29) is 23.1 Å². The van der Waals surface area contributed by atoms with Gasteiger partial charge in [0.15, 0.2) is 0 Å². The molecule has 2 unspecified atom stereocenters. The van der Waals surface area contributed by atoms with Crippen LogP contribution in [0.1, 0.15) is 12.0 Å². The summed E-state index contributed by atoms with van der Waals surface area (Å²) < 4.78 is 0. The van der Waals surface area contributed by atoms with Crippen LogP contribution in [0.5, 0.6) is 0 Å². The molecular weight excluding hydrogens is 310 g/mol. The summed E-state index contributed by atoms with van der Waals surface area (Å²) in [6.07, 6.45) is 3.62. The maximum Gasteiger partial charge on any atom is 0.240 e. The number of nitrogens with one attached hydrogen (secondary N) is 2. The molecule has 1 aromatic rings. The van der Waals surface area contributed by atoms with E-state index in [0.29, 0.717) is 26.1 Å². The number of hydrogen-bond acceptors (Lipinski definition) is 4. The molecule has 1 amide bonds. The Balaban J connectivity index is 2.04. The fourth-order valence-corrected chi connectivity index (χ4v) is 3.58. The van der Waals surface area contributed by atoms with Crippen LogP contribution in [-0.4, -0.2) is 61.6 Å². The molecule has 6 heteroatoms. The van der Waals surface area contributed by atoms with Gasteiger partial charge in [-0.05, 0) is 37.5 Å². The lowest BCUT2D eigenvalue weighted by molar-refractivity contribution is -0.856. The van der Waals surface area contributed by atoms with Gasteiger partial charge in [0.05, 0.1) is 31.7 Å². The SMILES string of the molecule is CN[C@@H](Cc1ccccc1)C(=O)N1CC[NH+]([O-])CC1CCSC. The number of quaternary nitrogens is 1. The zero-order valence-electron chi connectivity index (χ0n) is 14.0. The highest BCUT2D eigenvalue weighted by atomic mass is 32.2. The third-order valence-electron chi connectivity index (χ3n) is 4.40. The molecule has 3 atom stereocenters. The second-order valence-corrected chi connectivity index (χ2v) is 6.98. The Bertz CT molecular complexity index is 486. The van der Waals surface area contributed by atoms with Gasteiger partial charge in [-0.15, -0.1) is 0 Å². The third kappa shape index (κ3) is 5.21. The van der Waals surface area contributed by atoms with E-state index in [2.05, 4.69) is 11.6 Å². The van der Waals surface area contributed by atoms with Gasteiger partial charge in [-0.2, -0.15) is 11.8 Å². The second-order valence-electron chi connectivity index (χ2n) is 5.99. The first-order valence-electron chi connectivity index (χ1n) is 8.18. The normalized spacial score (nSPS) is 22.8. The Morgan fingerprint density at radius 3 is 2.87 bits per heavy atom. The number of carbonyl (C=O) groups is 1. The van der Waals surface area contributed by atoms with Gasteiger partial charge < -0.3 is 20.5 Å². The number of amides is 1. The number of carbonyl (C=O) groups excluding carboxylic acids is 1. The van der Waals surface area contributed by atoms with Gasteiger partial charge >= 0.3 is 0 Å². The van der Waals surface area contributed by atoms with Crippen molar-refractivity contribution in [3.8, 4) is 0 Å². The number of benzene rings is 1. The Labute approximate surface area is 143 Å². The van der Waals surface area contributed by atoms with Gasteiger partial charge in [-0.1, -0.05) is 30.3 Å². The van der Waals surface area contributed by atoms with Gasteiger partial charge in [-0.25, -0.2) is 0 Å². The lowest BCUT2D eigenvalue weighted by Gasteiger charge is -2.42. The van der Waals surface area contributed by atoms with Crippen LogP contribution in [-0.2, 0) is 11.2 Å². The minimum absolute atomic E-state index is 0.0582. The number of rotatable bonds is 7. The third-order valence-corrected chi connectivity index (χ3v) is 5.05. The molecule has 23 heavy (non-hydrogen) atoms. The van der Waals surface area contributed by atoms with Crippen molar-refractivity contribution in [2.24, 2.45) is 0 Å². The second kappa shape index (κ2) is 9.27. The van der Waals surface area contributed by atoms with Crippen LogP contribution in [0.25, 0.3) is 0 Å². The van der Waals surface area contributed by atoms with E-state index in [1.54, 1.807) is 11.8 Å². The first-order chi connectivity index (χ1) is 11.2. The van der Waals surface area contributed by atoms with Crippen LogP contribution in [0, 0.1) is 5.21 Å². The average molecular weight is 337 g/mol. The summed E-state index contributed by atoms with van der Waals surface area (Å²) in [6, 6.07) is 9.88. The van der Waals surface area contributed by atoms with Crippen molar-refractivity contribution in [3.63, 3.8) is 0 Å². The molecular formula is C17H27N3O2S. The van der Waals surface area contributed by atoms with Crippen molar-refractivity contribution in [2.45, 2.75) is 24.9 Å². The summed E-state index contributed by atoms with van der Waals surface area (Å²) in [5.41, 5.74) is 1.15. The molecule has 0 aliphatic carbocycles. The van der Waals surface area contributed by atoms with Gasteiger partial charge in [-0.3, -0.25) is 4.79 Å².